The summed E-state index contributed by atoms with van der Waals surface area (Å²) in [6.45, 7) is 2.09. The number of hydrogen-bond donors (Lipinski definition) is 1. The van der Waals surface area contributed by atoms with Crippen molar-refractivity contribution < 1.29 is 14.8 Å². The summed E-state index contributed by atoms with van der Waals surface area (Å²) >= 11 is 0. The number of anilines is 2. The minimum absolute atomic E-state index is 0.0372. The molecule has 2 bridgehead atoms. The summed E-state index contributed by atoms with van der Waals surface area (Å²) in [6, 6.07) is 22.3. The lowest BCUT2D eigenvalue weighted by molar-refractivity contribution is -0.123. The topological polar surface area (TPSA) is 83.9 Å². The van der Waals surface area contributed by atoms with Gasteiger partial charge in [0.25, 0.3) is 0 Å². The number of nitrogens with zero attached hydrogens (tertiary/aromatic N) is 2. The molecule has 0 aromatic heterocycles. The molecule has 3 aromatic carbocycles. The van der Waals surface area contributed by atoms with Crippen LogP contribution in [0.15, 0.2) is 72.8 Å². The van der Waals surface area contributed by atoms with Crippen molar-refractivity contribution in [1.29, 1.82) is 0 Å². The predicted octanol–water partition coefficient (Wildman–Crippen LogP) is 4.34. The van der Waals surface area contributed by atoms with E-state index in [0.29, 0.717) is 12.1 Å². The highest BCUT2D eigenvalue weighted by molar-refractivity contribution is 6.23. The monoisotopic (exact) mass is 425 g/mol. The third kappa shape index (κ3) is 2.16. The Kier molecular flexibility index (Phi) is 3.91. The van der Waals surface area contributed by atoms with Gasteiger partial charge < -0.3 is 10.4 Å². The van der Waals surface area contributed by atoms with Crippen LogP contribution >= 0.6 is 0 Å². The summed E-state index contributed by atoms with van der Waals surface area (Å²) in [7, 11) is 0. The first-order valence-electron chi connectivity index (χ1n) is 10.8. The second kappa shape index (κ2) is 6.51. The van der Waals surface area contributed by atoms with Gasteiger partial charge in [0, 0.05) is 11.3 Å². The molecule has 1 aliphatic heterocycles. The highest BCUT2D eigenvalue weighted by Gasteiger charge is 2.67. The predicted molar refractivity (Wildman–Crippen MR) is 119 cm³/mol. The molecule has 32 heavy (non-hydrogen) atoms. The van der Waals surface area contributed by atoms with Gasteiger partial charge in [-0.25, -0.2) is 4.90 Å². The Morgan fingerprint density at radius 2 is 1.47 bits per heavy atom. The van der Waals surface area contributed by atoms with Crippen molar-refractivity contribution in [3.63, 3.8) is 0 Å². The fraction of sp³-hybridized carbons (Fsp3) is 0.231. The van der Waals surface area contributed by atoms with Crippen molar-refractivity contribution in [3.05, 3.63) is 100 Å². The van der Waals surface area contributed by atoms with E-state index in [1.807, 2.05) is 24.3 Å². The molecule has 0 saturated carbocycles. The van der Waals surface area contributed by atoms with Crippen molar-refractivity contribution >= 4 is 23.2 Å². The van der Waals surface area contributed by atoms with Crippen LogP contribution in [0, 0.1) is 17.0 Å². The average Bonchev–Trinajstić information content (AvgIpc) is 3.10. The molecule has 7 rings (SSSR count). The number of imide groups is 1. The Hall–Kier alpha value is -3.48. The molecule has 2 atom stereocenters. The zero-order valence-corrected chi connectivity index (χ0v) is 17.4. The van der Waals surface area contributed by atoms with Crippen molar-refractivity contribution in [2.45, 2.75) is 24.7 Å². The van der Waals surface area contributed by atoms with Gasteiger partial charge in [-0.2, -0.15) is 0 Å². The normalized spacial score (nSPS) is 27.2. The number of amides is 2. The third-order valence-electron chi connectivity index (χ3n) is 7.68. The maximum Gasteiger partial charge on any atom is 0.238 e. The molecule has 4 aliphatic rings. The number of hydrogen-bond acceptors (Lipinski definition) is 5. The van der Waals surface area contributed by atoms with E-state index in [1.54, 1.807) is 0 Å². The molecule has 6 heteroatoms. The highest BCUT2D eigenvalue weighted by atomic mass is 16.8. The molecule has 160 valence electrons. The van der Waals surface area contributed by atoms with Crippen LogP contribution in [0.25, 0.3) is 0 Å². The Morgan fingerprint density at radius 1 is 0.906 bits per heavy atom. The second-order valence-corrected chi connectivity index (χ2v) is 8.78. The van der Waals surface area contributed by atoms with E-state index < -0.39 is 17.3 Å². The molecule has 1 heterocycles. The van der Waals surface area contributed by atoms with Crippen LogP contribution in [-0.4, -0.2) is 17.0 Å². The molecule has 1 N–H and O–H groups in total. The van der Waals surface area contributed by atoms with Crippen molar-refractivity contribution in [2.75, 3.05) is 10.1 Å². The molecule has 6 nitrogen and oxygen atoms in total. The number of carbonyl (C=O) groups is 2. The molecule has 2 amide bonds. The minimum atomic E-state index is -0.565. The van der Waals surface area contributed by atoms with E-state index in [1.165, 1.54) is 29.2 Å². The first kappa shape index (κ1) is 19.2. The van der Waals surface area contributed by atoms with Gasteiger partial charge >= 0.3 is 0 Å². The summed E-state index contributed by atoms with van der Waals surface area (Å²) in [5.74, 6) is -1.53. The lowest BCUT2D eigenvalue weighted by atomic mass is 9.46. The van der Waals surface area contributed by atoms with E-state index in [0.717, 1.165) is 22.3 Å². The van der Waals surface area contributed by atoms with Crippen LogP contribution in [0.3, 0.4) is 0 Å². The van der Waals surface area contributed by atoms with E-state index in [2.05, 4.69) is 31.2 Å². The molecule has 0 unspecified atom stereocenters. The van der Waals surface area contributed by atoms with Gasteiger partial charge in [0.1, 0.15) is 0 Å². The molecular formula is C26H21N2O4-. The molecule has 1 saturated heterocycles. The van der Waals surface area contributed by atoms with E-state index >= 15 is 0 Å². The average molecular weight is 425 g/mol. The first-order valence-corrected chi connectivity index (χ1v) is 10.8. The van der Waals surface area contributed by atoms with Gasteiger partial charge in [0.15, 0.2) is 0 Å². The van der Waals surface area contributed by atoms with Gasteiger partial charge in [-0.15, -0.1) is 0 Å². The molecule has 3 aliphatic carbocycles. The van der Waals surface area contributed by atoms with E-state index in [9.17, 15) is 14.8 Å². The van der Waals surface area contributed by atoms with Gasteiger partial charge in [-0.1, -0.05) is 55.5 Å². The van der Waals surface area contributed by atoms with Gasteiger partial charge in [0.2, 0.25) is 11.8 Å². The first-order chi connectivity index (χ1) is 15.5. The van der Waals surface area contributed by atoms with Crippen molar-refractivity contribution in [3.8, 4) is 0 Å². The molecule has 0 spiro atoms. The Labute approximate surface area is 185 Å². The van der Waals surface area contributed by atoms with Crippen LogP contribution in [0.2, 0.25) is 0 Å². The Balaban J connectivity index is 1.57. The Bertz CT molecular complexity index is 1220. The number of carbonyl (C=O) groups excluding carboxylic acids is 2. The zero-order valence-electron chi connectivity index (χ0n) is 17.4. The van der Waals surface area contributed by atoms with Crippen LogP contribution in [-0.2, 0) is 15.0 Å². The van der Waals surface area contributed by atoms with Crippen LogP contribution < -0.4 is 10.1 Å². The van der Waals surface area contributed by atoms with E-state index in [-0.39, 0.29) is 28.6 Å². The van der Waals surface area contributed by atoms with E-state index in [4.69, 9.17) is 5.21 Å². The second-order valence-electron chi connectivity index (χ2n) is 8.78. The van der Waals surface area contributed by atoms with Crippen LogP contribution in [0.1, 0.15) is 41.5 Å². The summed E-state index contributed by atoms with van der Waals surface area (Å²) in [4.78, 5) is 29.0. The number of benzene rings is 3. The smallest absolute Gasteiger partial charge is 0.238 e. The SMILES string of the molecule is CCC12c3ccccc3C(c3ccccc31)[C@H]1C(=O)N(c3ccc(N([O-])O)cc3)C(=O)[C@H]12. The minimum Gasteiger partial charge on any atom is -0.733 e. The largest absolute Gasteiger partial charge is 0.733 e. The highest BCUT2D eigenvalue weighted by Crippen LogP contribution is 2.65. The molecule has 1 fully saturated rings. The zero-order chi connectivity index (χ0) is 22.2. The molecular weight excluding hydrogens is 404 g/mol. The van der Waals surface area contributed by atoms with Crippen molar-refractivity contribution in [2.24, 2.45) is 11.8 Å². The summed E-state index contributed by atoms with van der Waals surface area (Å²) in [5, 5.41) is 20.1. The Morgan fingerprint density at radius 3 is 2.00 bits per heavy atom. The van der Waals surface area contributed by atoms with Crippen molar-refractivity contribution in [1.82, 2.24) is 0 Å². The maximum atomic E-state index is 13.9. The fourth-order valence-electron chi connectivity index (χ4n) is 6.51. The lowest BCUT2D eigenvalue weighted by Crippen LogP contribution is -2.53. The fourth-order valence-corrected chi connectivity index (χ4v) is 6.51. The summed E-state index contributed by atoms with van der Waals surface area (Å²) in [5.41, 5.74) is 4.45. The standard InChI is InChI=1S/C26H21N2O4/c1-2-26-19-9-5-3-7-17(19)21(18-8-4-6-10-20(18)26)22-23(26)25(30)27(24(22)29)15-11-13-16(14-12-15)28(31)32/h3-14,21-23,31H,2H2,1H3/q-1/t21?,22-,23+,26?/m1/s1. The quantitative estimate of drug-likeness (QED) is 0.499. The summed E-state index contributed by atoms with van der Waals surface area (Å²) in [6.07, 6.45) is 0.705. The third-order valence-corrected chi connectivity index (χ3v) is 7.68. The maximum absolute atomic E-state index is 13.9. The number of rotatable bonds is 3. The summed E-state index contributed by atoms with van der Waals surface area (Å²) < 4.78 is 0. The van der Waals surface area contributed by atoms with Gasteiger partial charge in [0.05, 0.1) is 23.2 Å². The molecule has 0 radical (unpaired) electrons. The van der Waals surface area contributed by atoms with Crippen LogP contribution in [0.4, 0.5) is 11.4 Å². The van der Waals surface area contributed by atoms with Crippen LogP contribution in [0.5, 0.6) is 0 Å². The van der Waals surface area contributed by atoms with Gasteiger partial charge in [-0.05, 0) is 52.9 Å². The van der Waals surface area contributed by atoms with Gasteiger partial charge in [-0.3, -0.25) is 14.8 Å². The molecule has 3 aromatic rings. The lowest BCUT2D eigenvalue weighted by Gasteiger charge is -2.54.